The van der Waals surface area contributed by atoms with E-state index in [2.05, 4.69) is 0 Å². The second-order valence-corrected chi connectivity index (χ2v) is 3.95. The Morgan fingerprint density at radius 2 is 2.00 bits per heavy atom. The Labute approximate surface area is 85.6 Å². The van der Waals surface area contributed by atoms with Crippen LogP contribution in [-0.2, 0) is 9.53 Å². The highest BCUT2D eigenvalue weighted by Crippen LogP contribution is 2.03. The molecule has 0 aromatic carbocycles. The fourth-order valence-corrected chi connectivity index (χ4v) is 1.06. The number of ether oxygens (including phenoxy) is 1. The molecule has 0 unspecified atom stereocenters. The summed E-state index contributed by atoms with van der Waals surface area (Å²) in [5.41, 5.74) is 0. The highest BCUT2D eigenvalue weighted by Gasteiger charge is 2.03. The molecular formula is C10H19ClO2. The van der Waals surface area contributed by atoms with E-state index < -0.39 is 0 Å². The molecule has 2 nitrogen and oxygen atoms in total. The second-order valence-electron chi connectivity index (χ2n) is 3.58. The first-order valence-corrected chi connectivity index (χ1v) is 5.42. The molecule has 0 aliphatic heterocycles. The fraction of sp³-hybridized carbons (Fsp3) is 0.900. The first kappa shape index (κ1) is 12.8. The van der Waals surface area contributed by atoms with Crippen LogP contribution < -0.4 is 0 Å². The Kier molecular flexibility index (Phi) is 8.21. The quantitative estimate of drug-likeness (QED) is 0.364. The van der Waals surface area contributed by atoms with Crippen LogP contribution in [0.15, 0.2) is 0 Å². The zero-order valence-corrected chi connectivity index (χ0v) is 9.27. The van der Waals surface area contributed by atoms with E-state index in [9.17, 15) is 4.79 Å². The third kappa shape index (κ3) is 9.68. The van der Waals surface area contributed by atoms with E-state index in [1.54, 1.807) is 0 Å². The summed E-state index contributed by atoms with van der Waals surface area (Å²) in [5.74, 6) is 1.02. The van der Waals surface area contributed by atoms with Gasteiger partial charge in [0.15, 0.2) is 0 Å². The highest BCUT2D eigenvalue weighted by molar-refractivity contribution is 6.17. The van der Waals surface area contributed by atoms with Crippen LogP contribution in [0, 0.1) is 5.92 Å². The van der Waals surface area contributed by atoms with E-state index in [-0.39, 0.29) is 5.97 Å². The maximum Gasteiger partial charge on any atom is 0.305 e. The number of carbonyl (C=O) groups excluding carboxylic acids is 1. The van der Waals surface area contributed by atoms with Gasteiger partial charge in [0, 0.05) is 12.3 Å². The van der Waals surface area contributed by atoms with Gasteiger partial charge >= 0.3 is 5.97 Å². The lowest BCUT2D eigenvalue weighted by molar-refractivity contribution is -0.144. The third-order valence-corrected chi connectivity index (χ3v) is 1.86. The lowest BCUT2D eigenvalue weighted by atomic mass is 10.2. The van der Waals surface area contributed by atoms with Gasteiger partial charge in [0.1, 0.15) is 0 Å². The zero-order chi connectivity index (χ0) is 10.1. The Hall–Kier alpha value is -0.240. The van der Waals surface area contributed by atoms with Gasteiger partial charge in [-0.1, -0.05) is 20.3 Å². The summed E-state index contributed by atoms with van der Waals surface area (Å²) >= 11 is 5.50. The van der Waals surface area contributed by atoms with E-state index in [1.807, 2.05) is 13.8 Å². The molecule has 0 aromatic rings. The van der Waals surface area contributed by atoms with Gasteiger partial charge in [-0.2, -0.15) is 0 Å². The van der Waals surface area contributed by atoms with E-state index in [0.29, 0.717) is 24.8 Å². The van der Waals surface area contributed by atoms with Crippen LogP contribution in [-0.4, -0.2) is 18.5 Å². The minimum atomic E-state index is -0.0803. The highest BCUT2D eigenvalue weighted by atomic mass is 35.5. The summed E-state index contributed by atoms with van der Waals surface area (Å²) in [7, 11) is 0. The molecule has 0 aromatic heterocycles. The van der Waals surface area contributed by atoms with Gasteiger partial charge in [-0.25, -0.2) is 0 Å². The van der Waals surface area contributed by atoms with Crippen LogP contribution >= 0.6 is 11.6 Å². The molecule has 0 N–H and O–H groups in total. The Bertz CT molecular complexity index is 135. The molecule has 0 amide bonds. The van der Waals surface area contributed by atoms with E-state index in [0.717, 1.165) is 19.3 Å². The van der Waals surface area contributed by atoms with Crippen molar-refractivity contribution in [2.45, 2.75) is 39.5 Å². The van der Waals surface area contributed by atoms with Crippen molar-refractivity contribution in [3.05, 3.63) is 0 Å². The van der Waals surface area contributed by atoms with Crippen LogP contribution in [0.25, 0.3) is 0 Å². The molecule has 3 heteroatoms. The van der Waals surface area contributed by atoms with Gasteiger partial charge in [-0.3, -0.25) is 4.79 Å². The SMILES string of the molecule is CC(C)COC(=O)CCCCCCl. The summed E-state index contributed by atoms with van der Waals surface area (Å²) in [6.45, 7) is 4.59. The number of esters is 1. The zero-order valence-electron chi connectivity index (χ0n) is 8.51. The molecule has 0 aliphatic rings. The normalized spacial score (nSPS) is 10.5. The summed E-state index contributed by atoms with van der Waals surface area (Å²) < 4.78 is 5.01. The second kappa shape index (κ2) is 8.36. The predicted molar refractivity (Wildman–Crippen MR) is 55.0 cm³/mol. The minimum absolute atomic E-state index is 0.0803. The lowest BCUT2D eigenvalue weighted by Gasteiger charge is -2.06. The molecular weight excluding hydrogens is 188 g/mol. The molecule has 78 valence electrons. The summed E-state index contributed by atoms with van der Waals surface area (Å²) in [6, 6.07) is 0. The van der Waals surface area contributed by atoms with Gasteiger partial charge in [-0.05, 0) is 18.8 Å². The van der Waals surface area contributed by atoms with Gasteiger partial charge in [0.05, 0.1) is 6.61 Å². The molecule has 0 atom stereocenters. The molecule has 0 aliphatic carbocycles. The minimum Gasteiger partial charge on any atom is -0.465 e. The van der Waals surface area contributed by atoms with Crippen molar-refractivity contribution in [3.8, 4) is 0 Å². The Morgan fingerprint density at radius 3 is 2.54 bits per heavy atom. The molecule has 0 bridgehead atoms. The van der Waals surface area contributed by atoms with Crippen molar-refractivity contribution in [1.29, 1.82) is 0 Å². The first-order chi connectivity index (χ1) is 6.16. The number of unbranched alkanes of at least 4 members (excludes halogenated alkanes) is 2. The van der Waals surface area contributed by atoms with Gasteiger partial charge in [0.2, 0.25) is 0 Å². The monoisotopic (exact) mass is 206 g/mol. The number of rotatable bonds is 7. The summed E-state index contributed by atoms with van der Waals surface area (Å²) in [5, 5.41) is 0. The molecule has 0 saturated carbocycles. The number of hydrogen-bond donors (Lipinski definition) is 0. The summed E-state index contributed by atoms with van der Waals surface area (Å²) in [4.78, 5) is 11.1. The number of carbonyl (C=O) groups is 1. The van der Waals surface area contributed by atoms with Crippen molar-refractivity contribution in [2.24, 2.45) is 5.92 Å². The molecule has 0 spiro atoms. The molecule has 0 saturated heterocycles. The molecule has 0 heterocycles. The first-order valence-electron chi connectivity index (χ1n) is 4.88. The molecule has 13 heavy (non-hydrogen) atoms. The summed E-state index contributed by atoms with van der Waals surface area (Å²) in [6.07, 6.45) is 3.42. The predicted octanol–water partition coefficient (Wildman–Crippen LogP) is 2.98. The van der Waals surface area contributed by atoms with E-state index >= 15 is 0 Å². The van der Waals surface area contributed by atoms with Gasteiger partial charge in [0.25, 0.3) is 0 Å². The maximum absolute atomic E-state index is 11.1. The topological polar surface area (TPSA) is 26.3 Å². The molecule has 0 radical (unpaired) electrons. The Morgan fingerprint density at radius 1 is 1.31 bits per heavy atom. The van der Waals surface area contributed by atoms with E-state index in [4.69, 9.17) is 16.3 Å². The van der Waals surface area contributed by atoms with E-state index in [1.165, 1.54) is 0 Å². The third-order valence-electron chi connectivity index (χ3n) is 1.59. The number of hydrogen-bond acceptors (Lipinski definition) is 2. The van der Waals surface area contributed by atoms with Crippen LogP contribution in [0.5, 0.6) is 0 Å². The van der Waals surface area contributed by atoms with Crippen LogP contribution in [0.4, 0.5) is 0 Å². The van der Waals surface area contributed by atoms with Crippen molar-refractivity contribution in [2.75, 3.05) is 12.5 Å². The van der Waals surface area contributed by atoms with Crippen molar-refractivity contribution in [1.82, 2.24) is 0 Å². The number of halogens is 1. The van der Waals surface area contributed by atoms with Crippen molar-refractivity contribution >= 4 is 17.6 Å². The standard InChI is InChI=1S/C10H19ClO2/c1-9(2)8-13-10(12)6-4-3-5-7-11/h9H,3-8H2,1-2H3. The lowest BCUT2D eigenvalue weighted by Crippen LogP contribution is -2.09. The van der Waals surface area contributed by atoms with Crippen LogP contribution in [0.3, 0.4) is 0 Å². The largest absolute Gasteiger partial charge is 0.465 e. The average molecular weight is 207 g/mol. The van der Waals surface area contributed by atoms with Crippen LogP contribution in [0.2, 0.25) is 0 Å². The Balaban J connectivity index is 3.20. The smallest absolute Gasteiger partial charge is 0.305 e. The van der Waals surface area contributed by atoms with Crippen molar-refractivity contribution in [3.63, 3.8) is 0 Å². The van der Waals surface area contributed by atoms with Gasteiger partial charge < -0.3 is 4.74 Å². The van der Waals surface area contributed by atoms with Crippen molar-refractivity contribution < 1.29 is 9.53 Å². The average Bonchev–Trinajstić information content (AvgIpc) is 2.09. The molecule has 0 fully saturated rings. The number of alkyl halides is 1. The van der Waals surface area contributed by atoms with Crippen LogP contribution in [0.1, 0.15) is 39.5 Å². The van der Waals surface area contributed by atoms with Gasteiger partial charge in [-0.15, -0.1) is 11.6 Å². The fourth-order valence-electron chi connectivity index (χ4n) is 0.872. The maximum atomic E-state index is 11.1. The molecule has 0 rings (SSSR count).